The van der Waals surface area contributed by atoms with Gasteiger partial charge in [0, 0.05) is 29.6 Å². The average molecular weight is 566 g/mol. The van der Waals surface area contributed by atoms with Gasteiger partial charge in [0.25, 0.3) is 0 Å². The molecule has 36 heavy (non-hydrogen) atoms. The first-order valence-corrected chi connectivity index (χ1v) is 10.9. The minimum absolute atomic E-state index is 0.00654. The van der Waals surface area contributed by atoms with E-state index in [9.17, 15) is 22.0 Å². The highest BCUT2D eigenvalue weighted by Crippen LogP contribution is 2.42. The van der Waals surface area contributed by atoms with Crippen LogP contribution in [-0.4, -0.2) is 39.5 Å². The second-order valence-corrected chi connectivity index (χ2v) is 8.40. The van der Waals surface area contributed by atoms with Gasteiger partial charge in [-0.25, -0.2) is 33.4 Å². The van der Waals surface area contributed by atoms with Crippen LogP contribution in [0.25, 0.3) is 27.8 Å². The van der Waals surface area contributed by atoms with Crippen molar-refractivity contribution in [2.24, 2.45) is 0 Å². The van der Waals surface area contributed by atoms with E-state index in [4.69, 9.17) is 5.73 Å². The Kier molecular flexibility index (Phi) is 5.65. The number of hydrogen-bond donors (Lipinski definition) is 1. The fourth-order valence-corrected chi connectivity index (χ4v) is 4.64. The first-order chi connectivity index (χ1) is 17.1. The number of benzene rings is 1. The van der Waals surface area contributed by atoms with E-state index in [1.54, 1.807) is 11.5 Å². The molecule has 0 bridgehead atoms. The third kappa shape index (κ3) is 3.94. The third-order valence-corrected chi connectivity index (χ3v) is 6.21. The molecule has 0 aliphatic heterocycles. The SMILES string of the molecule is CC(c1cn(-c2ccc(F)cc2F)nn1)n1c(Br)c(-c2cnc(C(F)(F)F)nc2)c2c(N)ncnc21. The molecule has 0 saturated carbocycles. The van der Waals surface area contributed by atoms with Gasteiger partial charge >= 0.3 is 6.18 Å². The fourth-order valence-electron chi connectivity index (χ4n) is 3.73. The zero-order valence-electron chi connectivity index (χ0n) is 18.0. The van der Waals surface area contributed by atoms with Gasteiger partial charge in [-0.2, -0.15) is 13.2 Å². The van der Waals surface area contributed by atoms with Crippen molar-refractivity contribution in [1.82, 2.24) is 39.5 Å². The molecule has 5 rings (SSSR count). The lowest BCUT2D eigenvalue weighted by molar-refractivity contribution is -0.144. The molecule has 4 aromatic heterocycles. The van der Waals surface area contributed by atoms with Crippen LogP contribution in [0.15, 0.2) is 47.7 Å². The molecule has 0 fully saturated rings. The molecule has 0 saturated heterocycles. The Bertz CT molecular complexity index is 1590. The van der Waals surface area contributed by atoms with E-state index >= 15 is 0 Å². The minimum Gasteiger partial charge on any atom is -0.383 e. The number of alkyl halides is 3. The Labute approximate surface area is 207 Å². The van der Waals surface area contributed by atoms with E-state index < -0.39 is 29.7 Å². The van der Waals surface area contributed by atoms with Gasteiger partial charge in [-0.3, -0.25) is 0 Å². The van der Waals surface area contributed by atoms with Crippen molar-refractivity contribution in [1.29, 1.82) is 0 Å². The van der Waals surface area contributed by atoms with Gasteiger partial charge < -0.3 is 10.3 Å². The number of rotatable bonds is 4. The summed E-state index contributed by atoms with van der Waals surface area (Å²) in [6.07, 6.45) is 0.0703. The fraction of sp³-hybridized carbons (Fsp3) is 0.143. The molecular weight excluding hydrogens is 553 g/mol. The summed E-state index contributed by atoms with van der Waals surface area (Å²) in [6.45, 7) is 1.75. The van der Waals surface area contributed by atoms with Crippen LogP contribution >= 0.6 is 15.9 Å². The van der Waals surface area contributed by atoms with E-state index in [1.807, 2.05) is 0 Å². The van der Waals surface area contributed by atoms with E-state index in [0.717, 1.165) is 29.2 Å². The topological polar surface area (TPSA) is 113 Å². The number of anilines is 1. The molecule has 1 atom stereocenters. The van der Waals surface area contributed by atoms with Crippen LogP contribution in [0.4, 0.5) is 27.8 Å². The Hall–Kier alpha value is -4.01. The molecule has 0 aliphatic carbocycles. The summed E-state index contributed by atoms with van der Waals surface area (Å²) in [5.41, 5.74) is 7.45. The summed E-state index contributed by atoms with van der Waals surface area (Å²) in [4.78, 5) is 15.2. The normalized spacial score (nSPS) is 12.9. The quantitative estimate of drug-likeness (QED) is 0.314. The maximum absolute atomic E-state index is 14.2. The van der Waals surface area contributed by atoms with Crippen molar-refractivity contribution in [3.8, 4) is 16.8 Å². The van der Waals surface area contributed by atoms with Crippen molar-refractivity contribution >= 4 is 32.8 Å². The number of hydrogen-bond acceptors (Lipinski definition) is 7. The van der Waals surface area contributed by atoms with Crippen LogP contribution in [0.2, 0.25) is 0 Å². The third-order valence-electron chi connectivity index (χ3n) is 5.43. The highest BCUT2D eigenvalue weighted by Gasteiger charge is 2.35. The highest BCUT2D eigenvalue weighted by atomic mass is 79.9. The van der Waals surface area contributed by atoms with Crippen LogP contribution in [0.5, 0.6) is 0 Å². The standard InChI is InChI=1S/C21H13BrF5N9/c1-9(13-7-35(34-33-13)14-3-2-11(23)4-12(14)24)36-17(22)15(16-18(28)31-8-32-19(16)36)10-5-29-20(30-6-10)21(25,26)27/h2-9H,1H3,(H2,28,31,32). The molecule has 5 aromatic rings. The number of aromatic nitrogens is 8. The second-order valence-electron chi connectivity index (χ2n) is 7.65. The average Bonchev–Trinajstić information content (AvgIpc) is 3.42. The zero-order chi connectivity index (χ0) is 25.8. The molecule has 184 valence electrons. The summed E-state index contributed by atoms with van der Waals surface area (Å²) in [6, 6.07) is 2.48. The van der Waals surface area contributed by atoms with Crippen molar-refractivity contribution in [3.05, 3.63) is 70.9 Å². The van der Waals surface area contributed by atoms with Crippen LogP contribution < -0.4 is 5.73 Å². The Morgan fingerprint density at radius 1 is 1.06 bits per heavy atom. The molecule has 0 amide bonds. The van der Waals surface area contributed by atoms with E-state index in [2.05, 4.69) is 46.2 Å². The molecule has 0 aliphatic rings. The molecule has 2 N–H and O–H groups in total. The highest BCUT2D eigenvalue weighted by molar-refractivity contribution is 9.10. The Balaban J connectivity index is 1.63. The van der Waals surface area contributed by atoms with Crippen LogP contribution in [-0.2, 0) is 6.18 Å². The van der Waals surface area contributed by atoms with Crippen LogP contribution in [0.1, 0.15) is 24.5 Å². The largest absolute Gasteiger partial charge is 0.451 e. The zero-order valence-corrected chi connectivity index (χ0v) is 19.6. The minimum atomic E-state index is -4.70. The molecule has 15 heteroatoms. The van der Waals surface area contributed by atoms with Crippen LogP contribution in [0.3, 0.4) is 0 Å². The number of nitrogens with zero attached hydrogens (tertiary/aromatic N) is 8. The van der Waals surface area contributed by atoms with Gasteiger partial charge in [-0.1, -0.05) is 5.21 Å². The summed E-state index contributed by atoms with van der Waals surface area (Å²) in [5.74, 6) is -2.76. The molecule has 1 aromatic carbocycles. The summed E-state index contributed by atoms with van der Waals surface area (Å²) in [5, 5.41) is 8.41. The van der Waals surface area contributed by atoms with Gasteiger partial charge in [-0.05, 0) is 35.0 Å². The Morgan fingerprint density at radius 3 is 2.44 bits per heavy atom. The van der Waals surface area contributed by atoms with Crippen molar-refractivity contribution in [3.63, 3.8) is 0 Å². The van der Waals surface area contributed by atoms with Gasteiger partial charge in [0.05, 0.1) is 22.2 Å². The van der Waals surface area contributed by atoms with Gasteiger partial charge in [0.15, 0.2) is 5.82 Å². The molecule has 9 nitrogen and oxygen atoms in total. The first-order valence-electron chi connectivity index (χ1n) is 10.1. The smallest absolute Gasteiger partial charge is 0.383 e. The van der Waals surface area contributed by atoms with E-state index in [1.165, 1.54) is 18.6 Å². The number of nitrogens with two attached hydrogens (primary N) is 1. The predicted molar refractivity (Wildman–Crippen MR) is 121 cm³/mol. The summed E-state index contributed by atoms with van der Waals surface area (Å²) in [7, 11) is 0. The van der Waals surface area contributed by atoms with Crippen molar-refractivity contribution in [2.45, 2.75) is 19.1 Å². The molecule has 1 unspecified atom stereocenters. The summed E-state index contributed by atoms with van der Waals surface area (Å²) < 4.78 is 69.6. The lowest BCUT2D eigenvalue weighted by Crippen LogP contribution is -2.10. The lowest BCUT2D eigenvalue weighted by atomic mass is 10.1. The molecule has 0 spiro atoms. The molecule has 0 radical (unpaired) electrons. The first kappa shape index (κ1) is 23.7. The second kappa shape index (κ2) is 8.58. The number of fused-ring (bicyclic) bond motifs is 1. The van der Waals surface area contributed by atoms with Gasteiger partial charge in [-0.15, -0.1) is 5.10 Å². The predicted octanol–water partition coefficient (Wildman–Crippen LogP) is 4.72. The lowest BCUT2D eigenvalue weighted by Gasteiger charge is -2.14. The van der Waals surface area contributed by atoms with E-state index in [0.29, 0.717) is 26.9 Å². The molecular formula is C21H13BrF5N9. The monoisotopic (exact) mass is 565 g/mol. The summed E-state index contributed by atoms with van der Waals surface area (Å²) >= 11 is 3.50. The van der Waals surface area contributed by atoms with E-state index in [-0.39, 0.29) is 17.1 Å². The number of halogens is 6. The maximum Gasteiger partial charge on any atom is 0.451 e. The van der Waals surface area contributed by atoms with Gasteiger partial charge in [0.1, 0.15) is 35.0 Å². The maximum atomic E-state index is 14.2. The van der Waals surface area contributed by atoms with Crippen LogP contribution in [0, 0.1) is 11.6 Å². The van der Waals surface area contributed by atoms with Gasteiger partial charge in [0.2, 0.25) is 5.82 Å². The van der Waals surface area contributed by atoms with Crippen molar-refractivity contribution < 1.29 is 22.0 Å². The Morgan fingerprint density at radius 2 is 1.78 bits per heavy atom. The number of nitrogen functional groups attached to an aromatic ring is 1. The molecule has 4 heterocycles. The van der Waals surface area contributed by atoms with Crippen molar-refractivity contribution in [2.75, 3.05) is 5.73 Å².